The number of hydrogen-bond acceptors (Lipinski definition) is 6. The van der Waals surface area contributed by atoms with Crippen molar-refractivity contribution in [2.45, 2.75) is 33.2 Å². The number of fused-ring (bicyclic) bond motifs is 1. The molecule has 1 fully saturated rings. The molecule has 0 bridgehead atoms. The van der Waals surface area contributed by atoms with E-state index >= 15 is 0 Å². The molecular weight excluding hydrogens is 414 g/mol. The normalized spacial score (nSPS) is 18.9. The van der Waals surface area contributed by atoms with Gasteiger partial charge in [0.05, 0.1) is 29.5 Å². The molecule has 2 heterocycles. The van der Waals surface area contributed by atoms with Crippen LogP contribution >= 0.6 is 11.3 Å². The Bertz CT molecular complexity index is 1130. The van der Waals surface area contributed by atoms with Gasteiger partial charge >= 0.3 is 5.97 Å². The molecule has 0 spiro atoms. The number of aromatic nitrogens is 1. The maximum Gasteiger partial charge on any atom is 0.325 e. The molecule has 0 saturated carbocycles. The maximum absolute atomic E-state index is 12.9. The number of amides is 1. The summed E-state index contributed by atoms with van der Waals surface area (Å²) in [7, 11) is -2.03. The van der Waals surface area contributed by atoms with Crippen molar-refractivity contribution in [3.05, 3.63) is 28.1 Å². The molecule has 158 valence electrons. The summed E-state index contributed by atoms with van der Waals surface area (Å²) < 4.78 is 32.5. The Labute approximate surface area is 173 Å². The second-order valence-electron chi connectivity index (χ2n) is 7.39. The third-order valence-electron chi connectivity index (χ3n) is 5.04. The van der Waals surface area contributed by atoms with Crippen LogP contribution in [-0.4, -0.2) is 55.6 Å². The number of methoxy groups -OCH3 is 1. The Balaban J connectivity index is 2.04. The molecule has 1 atom stereocenters. The predicted molar refractivity (Wildman–Crippen MR) is 111 cm³/mol. The van der Waals surface area contributed by atoms with Gasteiger partial charge in [-0.25, -0.2) is 12.7 Å². The average molecular weight is 440 g/mol. The zero-order valence-electron chi connectivity index (χ0n) is 17.0. The fourth-order valence-corrected chi connectivity index (χ4v) is 5.57. The Morgan fingerprint density at radius 3 is 2.69 bits per heavy atom. The number of piperidine rings is 1. The summed E-state index contributed by atoms with van der Waals surface area (Å²) in [6.07, 6.45) is 2.36. The van der Waals surface area contributed by atoms with E-state index in [9.17, 15) is 18.0 Å². The van der Waals surface area contributed by atoms with Crippen molar-refractivity contribution in [1.82, 2.24) is 8.87 Å². The molecule has 1 amide bonds. The maximum atomic E-state index is 12.9. The summed E-state index contributed by atoms with van der Waals surface area (Å²) in [5.41, 5.74) is 2.91. The third-order valence-corrected chi connectivity index (χ3v) is 7.54. The molecule has 2 aromatic rings. The Morgan fingerprint density at radius 2 is 2.03 bits per heavy atom. The van der Waals surface area contributed by atoms with E-state index in [1.165, 1.54) is 22.8 Å². The van der Waals surface area contributed by atoms with Gasteiger partial charge in [0.2, 0.25) is 10.0 Å². The number of aryl methyl sites for hydroxylation is 2. The van der Waals surface area contributed by atoms with Crippen molar-refractivity contribution in [3.63, 3.8) is 0 Å². The number of benzene rings is 1. The van der Waals surface area contributed by atoms with E-state index in [4.69, 9.17) is 4.74 Å². The van der Waals surface area contributed by atoms with E-state index in [0.29, 0.717) is 24.2 Å². The van der Waals surface area contributed by atoms with E-state index in [-0.39, 0.29) is 19.0 Å². The van der Waals surface area contributed by atoms with Crippen molar-refractivity contribution in [2.24, 2.45) is 10.9 Å². The predicted octanol–water partition coefficient (Wildman–Crippen LogP) is 1.59. The SMILES string of the molecule is COC(=O)Cn1c(=NC(=O)[C@H]2CCCN(S(C)(=O)=O)C2)sc2c(C)cc(C)cc21. The molecule has 1 aromatic heterocycles. The van der Waals surface area contributed by atoms with Crippen molar-refractivity contribution >= 4 is 43.5 Å². The molecule has 0 unspecified atom stereocenters. The Morgan fingerprint density at radius 1 is 1.31 bits per heavy atom. The van der Waals surface area contributed by atoms with Crippen LogP contribution in [0.2, 0.25) is 0 Å². The first-order valence-electron chi connectivity index (χ1n) is 9.31. The summed E-state index contributed by atoms with van der Waals surface area (Å²) in [4.78, 5) is 29.5. The average Bonchev–Trinajstić information content (AvgIpc) is 2.98. The molecule has 1 saturated heterocycles. The van der Waals surface area contributed by atoms with Crippen LogP contribution < -0.4 is 4.80 Å². The van der Waals surface area contributed by atoms with Crippen molar-refractivity contribution in [2.75, 3.05) is 26.5 Å². The number of thiazole rings is 1. The Kier molecular flexibility index (Phi) is 6.25. The van der Waals surface area contributed by atoms with Crippen LogP contribution in [0.25, 0.3) is 10.2 Å². The van der Waals surface area contributed by atoms with Gasteiger partial charge in [0.1, 0.15) is 6.54 Å². The van der Waals surface area contributed by atoms with Crippen molar-refractivity contribution in [3.8, 4) is 0 Å². The lowest BCUT2D eigenvalue weighted by atomic mass is 9.99. The lowest BCUT2D eigenvalue weighted by molar-refractivity contribution is -0.141. The number of carbonyl (C=O) groups excluding carboxylic acids is 2. The number of nitrogens with zero attached hydrogens (tertiary/aromatic N) is 3. The van der Waals surface area contributed by atoms with E-state index in [2.05, 4.69) is 4.99 Å². The van der Waals surface area contributed by atoms with Gasteiger partial charge in [0.15, 0.2) is 4.80 Å². The summed E-state index contributed by atoms with van der Waals surface area (Å²) in [6, 6.07) is 4.00. The fourth-order valence-electron chi connectivity index (χ4n) is 3.58. The van der Waals surface area contributed by atoms with E-state index in [0.717, 1.165) is 27.6 Å². The monoisotopic (exact) mass is 439 g/mol. The van der Waals surface area contributed by atoms with Gasteiger partial charge in [-0.1, -0.05) is 17.4 Å². The second kappa shape index (κ2) is 8.37. The minimum Gasteiger partial charge on any atom is -0.468 e. The molecule has 0 radical (unpaired) electrons. The molecule has 10 heteroatoms. The van der Waals surface area contributed by atoms with Gasteiger partial charge < -0.3 is 9.30 Å². The van der Waals surface area contributed by atoms with Gasteiger partial charge in [-0.15, -0.1) is 0 Å². The van der Waals surface area contributed by atoms with Gasteiger partial charge in [-0.2, -0.15) is 4.99 Å². The molecule has 8 nitrogen and oxygen atoms in total. The van der Waals surface area contributed by atoms with Gasteiger partial charge in [-0.05, 0) is 43.9 Å². The van der Waals surface area contributed by atoms with Gasteiger partial charge in [0, 0.05) is 13.1 Å². The first kappa shape index (κ1) is 21.7. The van der Waals surface area contributed by atoms with Crippen LogP contribution in [0.15, 0.2) is 17.1 Å². The molecule has 1 aliphatic heterocycles. The molecular formula is C19H25N3O5S2. The lowest BCUT2D eigenvalue weighted by Crippen LogP contribution is -2.41. The zero-order valence-corrected chi connectivity index (χ0v) is 18.6. The lowest BCUT2D eigenvalue weighted by Gasteiger charge is -2.28. The minimum atomic E-state index is -3.35. The number of sulfonamides is 1. The first-order valence-corrected chi connectivity index (χ1v) is 12.0. The summed E-state index contributed by atoms with van der Waals surface area (Å²) in [5.74, 6) is -1.28. The summed E-state index contributed by atoms with van der Waals surface area (Å²) >= 11 is 1.35. The van der Waals surface area contributed by atoms with Crippen LogP contribution in [0.1, 0.15) is 24.0 Å². The molecule has 0 aliphatic carbocycles. The molecule has 29 heavy (non-hydrogen) atoms. The van der Waals surface area contributed by atoms with Crippen LogP contribution in [0, 0.1) is 19.8 Å². The summed E-state index contributed by atoms with van der Waals surface area (Å²) in [6.45, 7) is 4.46. The highest BCUT2D eigenvalue weighted by atomic mass is 32.2. The number of hydrogen-bond donors (Lipinski definition) is 0. The first-order chi connectivity index (χ1) is 13.6. The third kappa shape index (κ3) is 4.76. The largest absolute Gasteiger partial charge is 0.468 e. The van der Waals surface area contributed by atoms with Crippen molar-refractivity contribution in [1.29, 1.82) is 0 Å². The van der Waals surface area contributed by atoms with Crippen LogP contribution in [0.4, 0.5) is 0 Å². The second-order valence-corrected chi connectivity index (χ2v) is 10.3. The quantitative estimate of drug-likeness (QED) is 0.674. The molecule has 0 N–H and O–H groups in total. The summed E-state index contributed by atoms with van der Waals surface area (Å²) in [5, 5.41) is 0. The van der Waals surface area contributed by atoms with E-state index < -0.39 is 21.9 Å². The van der Waals surface area contributed by atoms with E-state index in [1.807, 2.05) is 26.0 Å². The smallest absolute Gasteiger partial charge is 0.325 e. The minimum absolute atomic E-state index is 0.0500. The zero-order chi connectivity index (χ0) is 21.3. The van der Waals surface area contributed by atoms with Crippen molar-refractivity contribution < 1.29 is 22.7 Å². The topological polar surface area (TPSA) is 98.0 Å². The van der Waals surface area contributed by atoms with Gasteiger partial charge in [-0.3, -0.25) is 9.59 Å². The van der Waals surface area contributed by atoms with E-state index in [1.54, 1.807) is 4.57 Å². The highest BCUT2D eigenvalue weighted by Gasteiger charge is 2.30. The van der Waals surface area contributed by atoms with Crippen LogP contribution in [0.5, 0.6) is 0 Å². The number of carbonyl (C=O) groups is 2. The standard InChI is InChI=1S/C19H25N3O5S2/c1-12-8-13(2)17-15(9-12)22(11-16(23)27-3)19(28-17)20-18(24)14-6-5-7-21(10-14)29(4,25)26/h8-9,14H,5-7,10-11H2,1-4H3/t14-/m0/s1. The fraction of sp³-hybridized carbons (Fsp3) is 0.526. The number of rotatable bonds is 4. The van der Waals surface area contributed by atoms with Crippen LogP contribution in [0.3, 0.4) is 0 Å². The number of ether oxygens (including phenoxy) is 1. The number of esters is 1. The Hall–Kier alpha value is -2.04. The molecule has 1 aromatic carbocycles. The highest BCUT2D eigenvalue weighted by Crippen LogP contribution is 2.24. The molecule has 1 aliphatic rings. The molecule has 3 rings (SSSR count). The van der Waals surface area contributed by atoms with Crippen LogP contribution in [-0.2, 0) is 30.9 Å². The highest BCUT2D eigenvalue weighted by molar-refractivity contribution is 7.88. The van der Waals surface area contributed by atoms with Gasteiger partial charge in [0.25, 0.3) is 5.91 Å².